The van der Waals surface area contributed by atoms with E-state index in [9.17, 15) is 0 Å². The molecule has 1 heterocycles. The van der Waals surface area contributed by atoms with Crippen molar-refractivity contribution in [1.29, 1.82) is 0 Å². The van der Waals surface area contributed by atoms with E-state index < -0.39 is 0 Å². The molecule has 0 amide bonds. The molecule has 0 aromatic carbocycles. The van der Waals surface area contributed by atoms with E-state index in [2.05, 4.69) is 34.7 Å². The summed E-state index contributed by atoms with van der Waals surface area (Å²) < 4.78 is 0. The Morgan fingerprint density at radius 3 is 1.11 bits per heavy atom. The number of rotatable bonds is 9. The lowest BCUT2D eigenvalue weighted by Crippen LogP contribution is -2.08. The van der Waals surface area contributed by atoms with Crippen molar-refractivity contribution in [2.45, 2.75) is 38.5 Å². The maximum absolute atomic E-state index is 4.47. The van der Waals surface area contributed by atoms with Crippen LogP contribution in [0.15, 0.2) is 38.0 Å². The van der Waals surface area contributed by atoms with E-state index in [-0.39, 0.29) is 0 Å². The highest BCUT2D eigenvalue weighted by Gasteiger charge is 2.05. The Balaban J connectivity index is 2.83. The van der Waals surface area contributed by atoms with Crippen molar-refractivity contribution in [2.24, 2.45) is 0 Å². The van der Waals surface area contributed by atoms with E-state index in [1.54, 1.807) is 0 Å². The zero-order valence-corrected chi connectivity index (χ0v) is 10.9. The first-order valence-corrected chi connectivity index (χ1v) is 6.35. The molecular weight excluding hydrogens is 222 g/mol. The summed E-state index contributed by atoms with van der Waals surface area (Å²) in [6.07, 6.45) is 10.8. The van der Waals surface area contributed by atoms with E-state index in [0.29, 0.717) is 0 Å². The molecule has 1 aromatic rings. The van der Waals surface area contributed by atoms with Gasteiger partial charge in [0.05, 0.1) is 0 Å². The van der Waals surface area contributed by atoms with E-state index >= 15 is 0 Å². The highest BCUT2D eigenvalue weighted by Crippen LogP contribution is 2.05. The molecule has 0 atom stereocenters. The number of hydrogen-bond donors (Lipinski definition) is 0. The molecule has 1 rings (SSSR count). The molecule has 0 saturated heterocycles. The zero-order valence-electron chi connectivity index (χ0n) is 10.9. The van der Waals surface area contributed by atoms with Crippen molar-refractivity contribution in [3.05, 3.63) is 55.4 Å². The Hall–Kier alpha value is -1.77. The Kier molecular flexibility index (Phi) is 6.62. The number of nitrogens with zero attached hydrogens (tertiary/aromatic N) is 3. The quantitative estimate of drug-likeness (QED) is 0.625. The lowest BCUT2D eigenvalue weighted by molar-refractivity contribution is 0.733. The van der Waals surface area contributed by atoms with E-state index in [4.69, 9.17) is 0 Å². The largest absolute Gasteiger partial charge is 0.218 e. The van der Waals surface area contributed by atoms with Gasteiger partial charge in [-0.05, 0) is 19.3 Å². The van der Waals surface area contributed by atoms with Gasteiger partial charge >= 0.3 is 0 Å². The summed E-state index contributed by atoms with van der Waals surface area (Å²) in [5.41, 5.74) is 0. The minimum Gasteiger partial charge on any atom is -0.218 e. The van der Waals surface area contributed by atoms with Crippen molar-refractivity contribution in [3.8, 4) is 0 Å². The molecule has 0 aliphatic rings. The van der Waals surface area contributed by atoms with Gasteiger partial charge in [-0.15, -0.1) is 19.7 Å². The van der Waals surface area contributed by atoms with Crippen LogP contribution in [0, 0.1) is 0 Å². The van der Waals surface area contributed by atoms with Gasteiger partial charge in [-0.1, -0.05) is 18.2 Å². The molecule has 0 fully saturated rings. The van der Waals surface area contributed by atoms with Crippen LogP contribution in [0.1, 0.15) is 36.7 Å². The fourth-order valence-electron chi connectivity index (χ4n) is 1.55. The van der Waals surface area contributed by atoms with Crippen LogP contribution < -0.4 is 0 Å². The fourth-order valence-corrected chi connectivity index (χ4v) is 1.55. The third-order valence-corrected chi connectivity index (χ3v) is 2.49. The molecule has 0 saturated carbocycles. The van der Waals surface area contributed by atoms with Crippen LogP contribution in [0.2, 0.25) is 0 Å². The predicted octanol–water partition coefficient (Wildman–Crippen LogP) is 3.23. The molecule has 0 spiro atoms. The lowest BCUT2D eigenvalue weighted by atomic mass is 10.2. The first-order chi connectivity index (χ1) is 8.80. The zero-order chi connectivity index (χ0) is 13.2. The molecule has 96 valence electrons. The van der Waals surface area contributed by atoms with Crippen LogP contribution in [-0.2, 0) is 19.3 Å². The highest BCUT2D eigenvalue weighted by molar-refractivity contribution is 5.00. The molecule has 0 aliphatic carbocycles. The monoisotopic (exact) mass is 243 g/mol. The summed E-state index contributed by atoms with van der Waals surface area (Å²) in [5, 5.41) is 0. The summed E-state index contributed by atoms with van der Waals surface area (Å²) in [6, 6.07) is 0. The molecule has 0 unspecified atom stereocenters. The van der Waals surface area contributed by atoms with Crippen molar-refractivity contribution >= 4 is 0 Å². The third-order valence-electron chi connectivity index (χ3n) is 2.49. The van der Waals surface area contributed by atoms with E-state index in [1.807, 2.05) is 18.2 Å². The standard InChI is InChI=1S/C15H21N3/c1-4-7-10-13-16-14(11-8-5-2)18-15(17-13)12-9-6-3/h4-6H,1-3,7-12H2. The molecular formula is C15H21N3. The van der Waals surface area contributed by atoms with Gasteiger partial charge in [0.15, 0.2) is 0 Å². The number of hydrogen-bond acceptors (Lipinski definition) is 3. The molecule has 1 aromatic heterocycles. The van der Waals surface area contributed by atoms with Crippen molar-refractivity contribution in [2.75, 3.05) is 0 Å². The second-order valence-corrected chi connectivity index (χ2v) is 4.07. The van der Waals surface area contributed by atoms with Crippen molar-refractivity contribution in [3.63, 3.8) is 0 Å². The SMILES string of the molecule is C=CCCc1nc(CCC=C)nc(CCC=C)n1. The Labute approximate surface area is 109 Å². The van der Waals surface area contributed by atoms with Crippen LogP contribution in [-0.4, -0.2) is 15.0 Å². The summed E-state index contributed by atoms with van der Waals surface area (Å²) in [6.45, 7) is 11.2. The van der Waals surface area contributed by atoms with Gasteiger partial charge in [-0.2, -0.15) is 0 Å². The topological polar surface area (TPSA) is 38.7 Å². The summed E-state index contributed by atoms with van der Waals surface area (Å²) >= 11 is 0. The molecule has 3 nitrogen and oxygen atoms in total. The average molecular weight is 243 g/mol. The molecule has 0 N–H and O–H groups in total. The van der Waals surface area contributed by atoms with Gasteiger partial charge in [-0.3, -0.25) is 0 Å². The second kappa shape index (κ2) is 8.34. The number of aromatic nitrogens is 3. The Morgan fingerprint density at radius 1 is 0.611 bits per heavy atom. The minimum absolute atomic E-state index is 0.828. The number of allylic oxidation sites excluding steroid dienone is 3. The van der Waals surface area contributed by atoms with Crippen LogP contribution >= 0.6 is 0 Å². The van der Waals surface area contributed by atoms with Gasteiger partial charge in [0.2, 0.25) is 0 Å². The lowest BCUT2D eigenvalue weighted by Gasteiger charge is -2.05. The first-order valence-electron chi connectivity index (χ1n) is 6.35. The maximum Gasteiger partial charge on any atom is 0.132 e. The normalized spacial score (nSPS) is 10.0. The van der Waals surface area contributed by atoms with Gasteiger partial charge in [0.1, 0.15) is 17.5 Å². The van der Waals surface area contributed by atoms with Gasteiger partial charge in [0.25, 0.3) is 0 Å². The highest BCUT2D eigenvalue weighted by atomic mass is 15.0. The van der Waals surface area contributed by atoms with E-state index in [1.165, 1.54) is 0 Å². The fraction of sp³-hybridized carbons (Fsp3) is 0.400. The second-order valence-electron chi connectivity index (χ2n) is 4.07. The molecule has 0 aliphatic heterocycles. The summed E-state index contributed by atoms with van der Waals surface area (Å²) in [5.74, 6) is 2.59. The summed E-state index contributed by atoms with van der Waals surface area (Å²) in [7, 11) is 0. The molecule has 3 heteroatoms. The Morgan fingerprint density at radius 2 is 0.889 bits per heavy atom. The van der Waals surface area contributed by atoms with Gasteiger partial charge < -0.3 is 0 Å². The van der Waals surface area contributed by atoms with Crippen LogP contribution in [0.25, 0.3) is 0 Å². The molecule has 0 radical (unpaired) electrons. The smallest absolute Gasteiger partial charge is 0.132 e. The van der Waals surface area contributed by atoms with Crippen LogP contribution in [0.3, 0.4) is 0 Å². The van der Waals surface area contributed by atoms with Crippen molar-refractivity contribution < 1.29 is 0 Å². The molecule has 0 bridgehead atoms. The van der Waals surface area contributed by atoms with Crippen molar-refractivity contribution in [1.82, 2.24) is 15.0 Å². The van der Waals surface area contributed by atoms with E-state index in [0.717, 1.165) is 56.0 Å². The first kappa shape index (κ1) is 14.3. The third kappa shape index (κ3) is 5.04. The van der Waals surface area contributed by atoms with Crippen LogP contribution in [0.4, 0.5) is 0 Å². The van der Waals surface area contributed by atoms with Gasteiger partial charge in [-0.25, -0.2) is 15.0 Å². The number of aryl methyl sites for hydroxylation is 3. The average Bonchev–Trinajstić information content (AvgIpc) is 2.40. The Bertz CT molecular complexity index is 336. The molecule has 18 heavy (non-hydrogen) atoms. The maximum atomic E-state index is 4.47. The summed E-state index contributed by atoms with van der Waals surface area (Å²) in [4.78, 5) is 13.4. The van der Waals surface area contributed by atoms with Gasteiger partial charge in [0, 0.05) is 19.3 Å². The minimum atomic E-state index is 0.828. The van der Waals surface area contributed by atoms with Crippen LogP contribution in [0.5, 0.6) is 0 Å². The predicted molar refractivity (Wildman–Crippen MR) is 75.4 cm³/mol.